The lowest BCUT2D eigenvalue weighted by molar-refractivity contribution is -0.771. The van der Waals surface area contributed by atoms with Gasteiger partial charge in [0, 0.05) is 6.20 Å². The zero-order valence-corrected chi connectivity index (χ0v) is 7.34. The SMILES string of the molecule is C#Cc1ncccc1C(=O)NO[N+](=O)[O-]. The first kappa shape index (κ1) is 10.5. The normalized spacial score (nSPS) is 8.73. The molecule has 1 N–H and O–H groups in total. The Labute approximate surface area is 84.1 Å². The van der Waals surface area contributed by atoms with Crippen LogP contribution in [-0.4, -0.2) is 16.0 Å². The third-order valence-electron chi connectivity index (χ3n) is 1.40. The van der Waals surface area contributed by atoms with Crippen LogP contribution >= 0.6 is 0 Å². The number of terminal acetylenes is 1. The maximum absolute atomic E-state index is 11.3. The summed E-state index contributed by atoms with van der Waals surface area (Å²) in [6.45, 7) is 0. The summed E-state index contributed by atoms with van der Waals surface area (Å²) in [4.78, 5) is 28.5. The molecule has 0 unspecified atom stereocenters. The summed E-state index contributed by atoms with van der Waals surface area (Å²) < 4.78 is 0. The van der Waals surface area contributed by atoms with Gasteiger partial charge in [0.2, 0.25) is 0 Å². The molecule has 0 saturated carbocycles. The van der Waals surface area contributed by atoms with Crippen molar-refractivity contribution in [1.82, 2.24) is 10.5 Å². The number of hydrogen-bond acceptors (Lipinski definition) is 5. The quantitative estimate of drug-likeness (QED) is 0.424. The highest BCUT2D eigenvalue weighted by Gasteiger charge is 2.11. The van der Waals surface area contributed by atoms with E-state index in [2.05, 4.69) is 15.8 Å². The Kier molecular flexibility index (Phi) is 3.19. The zero-order valence-electron chi connectivity index (χ0n) is 7.34. The van der Waals surface area contributed by atoms with E-state index in [9.17, 15) is 14.9 Å². The lowest BCUT2D eigenvalue weighted by atomic mass is 10.2. The molecular formula is C8H5N3O4. The van der Waals surface area contributed by atoms with Crippen LogP contribution in [-0.2, 0) is 4.94 Å². The molecule has 76 valence electrons. The fourth-order valence-corrected chi connectivity index (χ4v) is 0.837. The number of hydrogen-bond donors (Lipinski definition) is 1. The van der Waals surface area contributed by atoms with Crippen molar-refractivity contribution in [1.29, 1.82) is 0 Å². The molecule has 1 aromatic heterocycles. The van der Waals surface area contributed by atoms with Crippen molar-refractivity contribution < 1.29 is 14.8 Å². The summed E-state index contributed by atoms with van der Waals surface area (Å²) in [6, 6.07) is 2.85. The Morgan fingerprint density at radius 1 is 1.73 bits per heavy atom. The third-order valence-corrected chi connectivity index (χ3v) is 1.40. The van der Waals surface area contributed by atoms with Crippen molar-refractivity contribution in [3.05, 3.63) is 39.7 Å². The maximum atomic E-state index is 11.3. The zero-order chi connectivity index (χ0) is 11.3. The summed E-state index contributed by atoms with van der Waals surface area (Å²) in [5, 5.41) is 8.65. The molecule has 0 spiro atoms. The molecule has 0 bridgehead atoms. The van der Waals surface area contributed by atoms with Gasteiger partial charge >= 0.3 is 5.09 Å². The van der Waals surface area contributed by atoms with Gasteiger partial charge in [-0.25, -0.2) is 4.98 Å². The number of hydroxylamine groups is 1. The van der Waals surface area contributed by atoms with Gasteiger partial charge in [0.05, 0.1) is 5.56 Å². The summed E-state index contributed by atoms with van der Waals surface area (Å²) >= 11 is 0. The van der Waals surface area contributed by atoms with Gasteiger partial charge < -0.3 is 0 Å². The second-order valence-corrected chi connectivity index (χ2v) is 2.29. The van der Waals surface area contributed by atoms with Gasteiger partial charge in [-0.3, -0.25) is 4.79 Å². The number of amides is 1. The Morgan fingerprint density at radius 3 is 3.07 bits per heavy atom. The summed E-state index contributed by atoms with van der Waals surface area (Å²) in [6.07, 6.45) is 6.48. The topological polar surface area (TPSA) is 94.4 Å². The molecule has 7 nitrogen and oxygen atoms in total. The second kappa shape index (κ2) is 4.57. The van der Waals surface area contributed by atoms with Crippen LogP contribution in [0.4, 0.5) is 0 Å². The number of carbonyl (C=O) groups is 1. The van der Waals surface area contributed by atoms with Crippen LogP contribution in [0.1, 0.15) is 16.1 Å². The van der Waals surface area contributed by atoms with E-state index < -0.39 is 11.0 Å². The van der Waals surface area contributed by atoms with E-state index >= 15 is 0 Å². The maximum Gasteiger partial charge on any atom is 0.316 e. The molecule has 1 amide bonds. The van der Waals surface area contributed by atoms with Crippen molar-refractivity contribution in [2.24, 2.45) is 0 Å². The highest BCUT2D eigenvalue weighted by Crippen LogP contribution is 2.03. The van der Waals surface area contributed by atoms with Crippen LogP contribution in [0.25, 0.3) is 0 Å². The van der Waals surface area contributed by atoms with Crippen LogP contribution < -0.4 is 5.48 Å². The van der Waals surface area contributed by atoms with Gasteiger partial charge in [-0.15, -0.1) is 16.5 Å². The number of pyridine rings is 1. The molecule has 7 heteroatoms. The standard InChI is InChI=1S/C8H5N3O4/c1-2-7-6(4-3-5-9-7)8(12)10-15-11(13)14/h1,3-5H,(H,10,12). The smallest absolute Gasteiger partial charge is 0.267 e. The van der Waals surface area contributed by atoms with E-state index in [-0.39, 0.29) is 11.3 Å². The van der Waals surface area contributed by atoms with E-state index in [1.807, 2.05) is 0 Å². The Morgan fingerprint density at radius 2 is 2.47 bits per heavy atom. The molecule has 1 heterocycles. The van der Waals surface area contributed by atoms with Crippen molar-refractivity contribution in [2.45, 2.75) is 0 Å². The van der Waals surface area contributed by atoms with Gasteiger partial charge in [0.15, 0.2) is 0 Å². The minimum atomic E-state index is -1.15. The predicted octanol–water partition coefficient (Wildman–Crippen LogP) is -0.0840. The Hall–Kier alpha value is -2.62. The number of nitrogens with zero attached hydrogens (tertiary/aromatic N) is 2. The largest absolute Gasteiger partial charge is 0.316 e. The number of rotatable bonds is 3. The van der Waals surface area contributed by atoms with Crippen molar-refractivity contribution in [3.63, 3.8) is 0 Å². The average Bonchev–Trinajstić information content (AvgIpc) is 2.25. The minimum absolute atomic E-state index is 0.0295. The number of nitrogens with one attached hydrogen (secondary N) is 1. The molecule has 0 aliphatic heterocycles. The average molecular weight is 207 g/mol. The fraction of sp³-hybridized carbons (Fsp3) is 0. The van der Waals surface area contributed by atoms with E-state index in [0.717, 1.165) is 0 Å². The Bertz CT molecular complexity index is 438. The highest BCUT2D eigenvalue weighted by molar-refractivity contribution is 5.95. The molecule has 0 aromatic carbocycles. The molecule has 0 aliphatic carbocycles. The van der Waals surface area contributed by atoms with Crippen LogP contribution in [0, 0.1) is 22.5 Å². The van der Waals surface area contributed by atoms with Gasteiger partial charge in [-0.05, 0) is 18.1 Å². The van der Waals surface area contributed by atoms with Crippen LogP contribution in [0.3, 0.4) is 0 Å². The summed E-state index contributed by atoms with van der Waals surface area (Å²) in [7, 11) is 0. The van der Waals surface area contributed by atoms with E-state index in [1.165, 1.54) is 18.3 Å². The molecular weight excluding hydrogens is 202 g/mol. The third kappa shape index (κ3) is 2.67. The van der Waals surface area contributed by atoms with Crippen LogP contribution in [0.15, 0.2) is 18.3 Å². The molecule has 0 fully saturated rings. The van der Waals surface area contributed by atoms with Crippen LogP contribution in [0.2, 0.25) is 0 Å². The predicted molar refractivity (Wildman–Crippen MR) is 47.7 cm³/mol. The molecule has 1 rings (SSSR count). The summed E-state index contributed by atoms with van der Waals surface area (Å²) in [5.74, 6) is 1.34. The van der Waals surface area contributed by atoms with Crippen molar-refractivity contribution in [3.8, 4) is 12.3 Å². The second-order valence-electron chi connectivity index (χ2n) is 2.29. The molecule has 0 saturated heterocycles. The van der Waals surface area contributed by atoms with Crippen molar-refractivity contribution >= 4 is 5.91 Å². The van der Waals surface area contributed by atoms with Gasteiger partial charge in [-0.2, -0.15) is 10.4 Å². The monoisotopic (exact) mass is 207 g/mol. The van der Waals surface area contributed by atoms with E-state index in [4.69, 9.17) is 6.42 Å². The number of carbonyl (C=O) groups excluding carboxylic acids is 1. The van der Waals surface area contributed by atoms with E-state index in [0.29, 0.717) is 0 Å². The fourth-order valence-electron chi connectivity index (χ4n) is 0.837. The molecule has 15 heavy (non-hydrogen) atoms. The van der Waals surface area contributed by atoms with Gasteiger partial charge in [0.1, 0.15) is 5.69 Å². The first-order valence-electron chi connectivity index (χ1n) is 3.68. The van der Waals surface area contributed by atoms with E-state index in [1.54, 1.807) is 5.48 Å². The van der Waals surface area contributed by atoms with Gasteiger partial charge in [0.25, 0.3) is 5.91 Å². The lowest BCUT2D eigenvalue weighted by Gasteiger charge is -2.02. The summed E-state index contributed by atoms with van der Waals surface area (Å²) in [5.41, 5.74) is 1.71. The minimum Gasteiger partial charge on any atom is -0.267 e. The highest BCUT2D eigenvalue weighted by atomic mass is 17.0. The number of aromatic nitrogens is 1. The molecule has 0 radical (unpaired) electrons. The Balaban J connectivity index is 2.83. The van der Waals surface area contributed by atoms with Crippen LogP contribution in [0.5, 0.6) is 0 Å². The molecule has 0 aliphatic rings. The van der Waals surface area contributed by atoms with Gasteiger partial charge in [-0.1, -0.05) is 0 Å². The first-order chi connectivity index (χ1) is 7.15. The van der Waals surface area contributed by atoms with Crippen molar-refractivity contribution in [2.75, 3.05) is 0 Å². The lowest BCUT2D eigenvalue weighted by Crippen LogP contribution is -2.27. The molecule has 1 aromatic rings. The molecule has 0 atom stereocenters. The first-order valence-corrected chi connectivity index (χ1v) is 3.68.